The lowest BCUT2D eigenvalue weighted by Gasteiger charge is -2.24. The van der Waals surface area contributed by atoms with Gasteiger partial charge in [0.15, 0.2) is 0 Å². The highest BCUT2D eigenvalue weighted by atomic mass is 15.3. The third-order valence-corrected chi connectivity index (χ3v) is 5.11. The van der Waals surface area contributed by atoms with Crippen molar-refractivity contribution >= 4 is 11.7 Å². The Hall–Kier alpha value is -2.56. The van der Waals surface area contributed by atoms with Gasteiger partial charge in [0.2, 0.25) is 5.96 Å². The average molecular weight is 321 g/mol. The van der Waals surface area contributed by atoms with E-state index in [0.717, 1.165) is 31.4 Å². The van der Waals surface area contributed by atoms with Crippen molar-refractivity contribution in [2.24, 2.45) is 21.7 Å². The maximum atomic E-state index is 5.50. The minimum atomic E-state index is 0.00953. The number of aromatic amines is 1. The van der Waals surface area contributed by atoms with Gasteiger partial charge in [-0.1, -0.05) is 30.3 Å². The highest BCUT2D eigenvalue weighted by Gasteiger charge is 2.31. The van der Waals surface area contributed by atoms with Crippen LogP contribution in [0.25, 0.3) is 0 Å². The van der Waals surface area contributed by atoms with Crippen LogP contribution in [-0.2, 0) is 19.3 Å². The molecular formula is C19H23N5. The predicted octanol–water partition coefficient (Wildman–Crippen LogP) is 2.60. The highest BCUT2D eigenvalue weighted by molar-refractivity contribution is 6.05. The lowest BCUT2D eigenvalue weighted by molar-refractivity contribution is 0.674. The quantitative estimate of drug-likeness (QED) is 0.450. The summed E-state index contributed by atoms with van der Waals surface area (Å²) in [6.07, 6.45) is 6.65. The molecule has 0 fully saturated rings. The van der Waals surface area contributed by atoms with Crippen LogP contribution in [0, 0.1) is 0 Å². The number of aromatic nitrogens is 1. The van der Waals surface area contributed by atoms with Crippen LogP contribution >= 0.6 is 0 Å². The number of nitrogens with zero attached hydrogens (tertiary/aromatic N) is 2. The number of H-pyrrole nitrogens is 1. The molecule has 1 heterocycles. The monoisotopic (exact) mass is 321 g/mol. The third-order valence-electron chi connectivity index (χ3n) is 5.11. The number of benzene rings is 1. The summed E-state index contributed by atoms with van der Waals surface area (Å²) < 4.78 is 0. The van der Waals surface area contributed by atoms with E-state index >= 15 is 0 Å². The molecule has 2 aliphatic carbocycles. The molecule has 5 N–H and O–H groups in total. The van der Waals surface area contributed by atoms with Crippen molar-refractivity contribution in [1.82, 2.24) is 4.98 Å². The van der Waals surface area contributed by atoms with Gasteiger partial charge >= 0.3 is 0 Å². The van der Waals surface area contributed by atoms with Crippen molar-refractivity contribution < 1.29 is 0 Å². The summed E-state index contributed by atoms with van der Waals surface area (Å²) in [5, 5.41) is 8.36. The summed E-state index contributed by atoms with van der Waals surface area (Å²) in [6, 6.07) is 10.6. The summed E-state index contributed by atoms with van der Waals surface area (Å²) in [4.78, 5) is 3.68. The predicted molar refractivity (Wildman–Crippen MR) is 97.3 cm³/mol. The van der Waals surface area contributed by atoms with E-state index in [0.29, 0.717) is 5.92 Å². The second-order valence-electron chi connectivity index (χ2n) is 6.73. The first kappa shape index (κ1) is 15.0. The van der Waals surface area contributed by atoms with E-state index in [4.69, 9.17) is 11.5 Å². The molecule has 0 radical (unpaired) electrons. The van der Waals surface area contributed by atoms with Gasteiger partial charge in [-0.3, -0.25) is 0 Å². The molecule has 5 nitrogen and oxygen atoms in total. The van der Waals surface area contributed by atoms with Gasteiger partial charge in [0, 0.05) is 17.0 Å². The molecule has 0 bridgehead atoms. The second-order valence-corrected chi connectivity index (χ2v) is 6.73. The molecule has 1 unspecified atom stereocenters. The Kier molecular flexibility index (Phi) is 3.84. The Morgan fingerprint density at radius 2 is 1.79 bits per heavy atom. The number of rotatable bonds is 2. The SMILES string of the molecule is NC(N)=NN=C1CC(c2ccccc2)Cc2[nH]c3c(c21)CCCC3. The van der Waals surface area contributed by atoms with Gasteiger partial charge in [-0.2, -0.15) is 5.10 Å². The average Bonchev–Trinajstić information content (AvgIpc) is 2.99. The molecule has 0 aliphatic heterocycles. The number of guanidine groups is 1. The number of nitrogens with two attached hydrogens (primary N) is 2. The van der Waals surface area contributed by atoms with E-state index in [2.05, 4.69) is 45.5 Å². The zero-order valence-electron chi connectivity index (χ0n) is 13.8. The summed E-state index contributed by atoms with van der Waals surface area (Å²) in [5.41, 5.74) is 18.8. The zero-order chi connectivity index (χ0) is 16.5. The number of hydrogen-bond acceptors (Lipinski definition) is 2. The van der Waals surface area contributed by atoms with E-state index in [9.17, 15) is 0 Å². The van der Waals surface area contributed by atoms with Crippen LogP contribution in [-0.4, -0.2) is 16.7 Å². The van der Waals surface area contributed by atoms with Gasteiger partial charge in [0.25, 0.3) is 0 Å². The summed E-state index contributed by atoms with van der Waals surface area (Å²) in [7, 11) is 0. The van der Waals surface area contributed by atoms with Crippen LogP contribution in [0.1, 0.15) is 53.3 Å². The normalized spacial score (nSPS) is 21.2. The molecule has 24 heavy (non-hydrogen) atoms. The van der Waals surface area contributed by atoms with Gasteiger partial charge in [-0.15, -0.1) is 5.10 Å². The minimum absolute atomic E-state index is 0.00953. The zero-order valence-corrected chi connectivity index (χ0v) is 13.8. The Labute approximate surface area is 141 Å². The van der Waals surface area contributed by atoms with Gasteiger partial charge in [0.1, 0.15) is 0 Å². The van der Waals surface area contributed by atoms with Crippen molar-refractivity contribution in [2.75, 3.05) is 0 Å². The molecule has 0 saturated heterocycles. The summed E-state index contributed by atoms with van der Waals surface area (Å²) in [5.74, 6) is 0.419. The number of hydrogen-bond donors (Lipinski definition) is 3. The molecule has 1 atom stereocenters. The van der Waals surface area contributed by atoms with Crippen molar-refractivity contribution in [2.45, 2.75) is 44.4 Å². The lowest BCUT2D eigenvalue weighted by atomic mass is 9.80. The van der Waals surface area contributed by atoms with E-state index < -0.39 is 0 Å². The fourth-order valence-corrected chi connectivity index (χ4v) is 4.07. The standard InChI is InChI=1S/C19H23N5/c20-19(21)24-23-17-11-13(12-6-2-1-3-7-12)10-16-18(17)14-8-4-5-9-15(14)22-16/h1-3,6-7,13,22H,4-5,8-11H2,(H4,20,21,24). The molecule has 0 saturated carbocycles. The van der Waals surface area contributed by atoms with Gasteiger partial charge in [-0.25, -0.2) is 0 Å². The van der Waals surface area contributed by atoms with Crippen molar-refractivity contribution in [3.63, 3.8) is 0 Å². The maximum Gasteiger partial charge on any atom is 0.211 e. The fraction of sp³-hybridized carbons (Fsp3) is 0.368. The Balaban J connectivity index is 1.79. The van der Waals surface area contributed by atoms with Crippen LogP contribution < -0.4 is 11.5 Å². The third kappa shape index (κ3) is 2.70. The maximum absolute atomic E-state index is 5.50. The smallest absolute Gasteiger partial charge is 0.211 e. The van der Waals surface area contributed by atoms with Crippen LogP contribution in [0.15, 0.2) is 40.5 Å². The fourth-order valence-electron chi connectivity index (χ4n) is 4.07. The number of aryl methyl sites for hydroxylation is 1. The van der Waals surface area contributed by atoms with Gasteiger partial charge in [0.05, 0.1) is 5.71 Å². The largest absolute Gasteiger partial charge is 0.369 e. The molecule has 1 aromatic heterocycles. The van der Waals surface area contributed by atoms with Crippen LogP contribution in [0.5, 0.6) is 0 Å². The molecule has 4 rings (SSSR count). The van der Waals surface area contributed by atoms with Crippen molar-refractivity contribution in [1.29, 1.82) is 0 Å². The van der Waals surface area contributed by atoms with E-state index in [-0.39, 0.29) is 5.96 Å². The Bertz CT molecular complexity index is 797. The number of nitrogens with one attached hydrogen (secondary N) is 1. The summed E-state index contributed by atoms with van der Waals surface area (Å²) in [6.45, 7) is 0. The van der Waals surface area contributed by atoms with Gasteiger partial charge < -0.3 is 16.5 Å². The second kappa shape index (κ2) is 6.15. The van der Waals surface area contributed by atoms with E-state index in [1.54, 1.807) is 0 Å². The Morgan fingerprint density at radius 1 is 1.00 bits per heavy atom. The molecule has 2 aromatic rings. The minimum Gasteiger partial charge on any atom is -0.369 e. The molecule has 2 aliphatic rings. The van der Waals surface area contributed by atoms with Crippen LogP contribution in [0.3, 0.4) is 0 Å². The van der Waals surface area contributed by atoms with Crippen molar-refractivity contribution in [3.05, 3.63) is 58.4 Å². The number of fused-ring (bicyclic) bond motifs is 3. The first-order valence-corrected chi connectivity index (χ1v) is 8.65. The highest BCUT2D eigenvalue weighted by Crippen LogP contribution is 2.37. The summed E-state index contributed by atoms with van der Waals surface area (Å²) >= 11 is 0. The lowest BCUT2D eigenvalue weighted by Crippen LogP contribution is -2.23. The molecule has 0 spiro atoms. The van der Waals surface area contributed by atoms with Crippen LogP contribution in [0.2, 0.25) is 0 Å². The molecule has 124 valence electrons. The topological polar surface area (TPSA) is 92.6 Å². The molecule has 1 aromatic carbocycles. The van der Waals surface area contributed by atoms with Crippen molar-refractivity contribution in [3.8, 4) is 0 Å². The van der Waals surface area contributed by atoms with E-state index in [1.807, 2.05) is 0 Å². The first-order valence-electron chi connectivity index (χ1n) is 8.65. The molecular weight excluding hydrogens is 298 g/mol. The Morgan fingerprint density at radius 3 is 2.58 bits per heavy atom. The first-order chi connectivity index (χ1) is 11.7. The van der Waals surface area contributed by atoms with E-state index in [1.165, 1.54) is 40.9 Å². The molecule has 0 amide bonds. The molecule has 5 heteroatoms. The van der Waals surface area contributed by atoms with Crippen LogP contribution in [0.4, 0.5) is 0 Å². The van der Waals surface area contributed by atoms with Gasteiger partial charge in [-0.05, 0) is 55.6 Å².